The van der Waals surface area contributed by atoms with Crippen molar-refractivity contribution in [1.29, 1.82) is 0 Å². The van der Waals surface area contributed by atoms with Gasteiger partial charge in [0.25, 0.3) is 0 Å². The molecule has 0 radical (unpaired) electrons. The van der Waals surface area contributed by atoms with E-state index >= 15 is 0 Å². The largest absolute Gasteiger partial charge is 0.486 e. The van der Waals surface area contributed by atoms with Gasteiger partial charge in [0.1, 0.15) is 13.2 Å². The normalized spacial score (nSPS) is 13.0. The molecule has 0 bridgehead atoms. The van der Waals surface area contributed by atoms with Crippen molar-refractivity contribution in [3.8, 4) is 11.5 Å². The Bertz CT molecular complexity index is 934. The molecule has 1 amide bonds. The SMILES string of the molecule is CN(Cc1csc2ccccc12)C(=O)CCc1ccc2c(c1)OCCO2. The fourth-order valence-corrected chi connectivity index (χ4v) is 4.14. The van der Waals surface area contributed by atoms with Gasteiger partial charge in [-0.1, -0.05) is 24.3 Å². The molecule has 0 fully saturated rings. The molecule has 0 atom stereocenters. The van der Waals surface area contributed by atoms with Crippen molar-refractivity contribution in [2.24, 2.45) is 0 Å². The highest BCUT2D eigenvalue weighted by Gasteiger charge is 2.14. The molecule has 1 aromatic heterocycles. The summed E-state index contributed by atoms with van der Waals surface area (Å²) in [5.41, 5.74) is 2.30. The van der Waals surface area contributed by atoms with Crippen LogP contribution in [0.5, 0.6) is 11.5 Å². The van der Waals surface area contributed by atoms with E-state index in [4.69, 9.17) is 9.47 Å². The summed E-state index contributed by atoms with van der Waals surface area (Å²) in [4.78, 5) is 14.4. The highest BCUT2D eigenvalue weighted by molar-refractivity contribution is 7.17. The van der Waals surface area contributed by atoms with E-state index in [2.05, 4.69) is 17.5 Å². The topological polar surface area (TPSA) is 38.8 Å². The minimum absolute atomic E-state index is 0.148. The first-order valence-corrected chi connectivity index (χ1v) is 9.66. The molecule has 0 unspecified atom stereocenters. The third kappa shape index (κ3) is 3.53. The molecule has 4 nitrogen and oxygen atoms in total. The van der Waals surface area contributed by atoms with Crippen LogP contribution in [0, 0.1) is 0 Å². The molecule has 0 N–H and O–H groups in total. The predicted molar refractivity (Wildman–Crippen MR) is 104 cm³/mol. The lowest BCUT2D eigenvalue weighted by molar-refractivity contribution is -0.130. The lowest BCUT2D eigenvalue weighted by atomic mass is 10.1. The van der Waals surface area contributed by atoms with Gasteiger partial charge in [0.05, 0.1) is 0 Å². The lowest BCUT2D eigenvalue weighted by Crippen LogP contribution is -2.26. The number of ether oxygens (including phenoxy) is 2. The number of carbonyl (C=O) groups is 1. The molecule has 4 rings (SSSR count). The minimum Gasteiger partial charge on any atom is -0.486 e. The van der Waals surface area contributed by atoms with Crippen molar-refractivity contribution in [2.75, 3.05) is 20.3 Å². The van der Waals surface area contributed by atoms with Crippen molar-refractivity contribution < 1.29 is 14.3 Å². The summed E-state index contributed by atoms with van der Waals surface area (Å²) in [7, 11) is 1.87. The number of carbonyl (C=O) groups excluding carboxylic acids is 1. The average molecular weight is 367 g/mol. The fraction of sp³-hybridized carbons (Fsp3) is 0.286. The molecule has 5 heteroatoms. The molecule has 1 aliphatic rings. The van der Waals surface area contributed by atoms with E-state index in [9.17, 15) is 4.79 Å². The lowest BCUT2D eigenvalue weighted by Gasteiger charge is -2.19. The number of fused-ring (bicyclic) bond motifs is 2. The van der Waals surface area contributed by atoms with Gasteiger partial charge in [-0.25, -0.2) is 0 Å². The first-order valence-electron chi connectivity index (χ1n) is 8.78. The van der Waals surface area contributed by atoms with Crippen molar-refractivity contribution in [1.82, 2.24) is 4.90 Å². The van der Waals surface area contributed by atoms with Crippen LogP contribution in [0.1, 0.15) is 17.5 Å². The first kappa shape index (κ1) is 16.9. The zero-order valence-electron chi connectivity index (χ0n) is 14.7. The highest BCUT2D eigenvalue weighted by Crippen LogP contribution is 2.31. The molecule has 134 valence electrons. The van der Waals surface area contributed by atoms with Crippen LogP contribution in [0.15, 0.2) is 47.8 Å². The van der Waals surface area contributed by atoms with E-state index in [1.54, 1.807) is 11.3 Å². The molecule has 2 heterocycles. The monoisotopic (exact) mass is 367 g/mol. The summed E-state index contributed by atoms with van der Waals surface area (Å²) in [5, 5.41) is 3.39. The van der Waals surface area contributed by atoms with E-state index in [0.29, 0.717) is 32.6 Å². The van der Waals surface area contributed by atoms with Crippen LogP contribution in [-0.4, -0.2) is 31.1 Å². The Morgan fingerprint density at radius 2 is 1.92 bits per heavy atom. The standard InChI is InChI=1S/C21H21NO3S/c1-22(13-16-14-26-20-5-3-2-4-17(16)20)21(23)9-7-15-6-8-18-19(12-15)25-11-10-24-18/h2-6,8,12,14H,7,9-11,13H2,1H3. The number of hydrogen-bond donors (Lipinski definition) is 0. The Hall–Kier alpha value is -2.53. The van der Waals surface area contributed by atoms with Crippen LogP contribution >= 0.6 is 11.3 Å². The van der Waals surface area contributed by atoms with E-state index in [-0.39, 0.29) is 5.91 Å². The molecule has 0 saturated carbocycles. The Labute approximate surface area is 157 Å². The molecule has 2 aromatic carbocycles. The average Bonchev–Trinajstić information content (AvgIpc) is 3.09. The van der Waals surface area contributed by atoms with Gasteiger partial charge in [0, 0.05) is 24.7 Å². The number of nitrogens with zero attached hydrogens (tertiary/aromatic N) is 1. The van der Waals surface area contributed by atoms with Gasteiger partial charge in [0.15, 0.2) is 11.5 Å². The van der Waals surface area contributed by atoms with Gasteiger partial charge in [-0.3, -0.25) is 4.79 Å². The number of amides is 1. The molecule has 0 aliphatic carbocycles. The molecule has 1 aliphatic heterocycles. The molecular weight excluding hydrogens is 346 g/mol. The number of aryl methyl sites for hydroxylation is 1. The second kappa shape index (κ2) is 7.38. The minimum atomic E-state index is 0.148. The quantitative estimate of drug-likeness (QED) is 0.676. The van der Waals surface area contributed by atoms with Gasteiger partial charge >= 0.3 is 0 Å². The van der Waals surface area contributed by atoms with Crippen molar-refractivity contribution in [3.05, 3.63) is 59.0 Å². The summed E-state index contributed by atoms with van der Waals surface area (Å²) >= 11 is 1.73. The van der Waals surface area contributed by atoms with E-state index in [1.807, 2.05) is 42.3 Å². The summed E-state index contributed by atoms with van der Waals surface area (Å²) < 4.78 is 12.4. The van der Waals surface area contributed by atoms with Crippen molar-refractivity contribution >= 4 is 27.3 Å². The molecule has 3 aromatic rings. The number of benzene rings is 2. The van der Waals surface area contributed by atoms with Crippen molar-refractivity contribution in [2.45, 2.75) is 19.4 Å². The summed E-state index contributed by atoms with van der Waals surface area (Å²) in [5.74, 6) is 1.71. The smallest absolute Gasteiger partial charge is 0.222 e. The molecule has 0 saturated heterocycles. The summed E-state index contributed by atoms with van der Waals surface area (Å²) in [6.45, 7) is 1.81. The summed E-state index contributed by atoms with van der Waals surface area (Å²) in [6, 6.07) is 14.2. The Morgan fingerprint density at radius 1 is 1.12 bits per heavy atom. The number of thiophene rings is 1. The molecule has 26 heavy (non-hydrogen) atoms. The fourth-order valence-electron chi connectivity index (χ4n) is 3.18. The maximum absolute atomic E-state index is 12.5. The second-order valence-electron chi connectivity index (χ2n) is 6.48. The van der Waals surface area contributed by atoms with Crippen molar-refractivity contribution in [3.63, 3.8) is 0 Å². The van der Waals surface area contributed by atoms with Gasteiger partial charge < -0.3 is 14.4 Å². The van der Waals surface area contributed by atoms with Crippen LogP contribution in [0.3, 0.4) is 0 Å². The van der Waals surface area contributed by atoms with Crippen LogP contribution in [0.25, 0.3) is 10.1 Å². The van der Waals surface area contributed by atoms with Gasteiger partial charge in [-0.2, -0.15) is 0 Å². The van der Waals surface area contributed by atoms with E-state index in [0.717, 1.165) is 17.1 Å². The second-order valence-corrected chi connectivity index (χ2v) is 7.40. The van der Waals surface area contributed by atoms with Crippen LogP contribution < -0.4 is 9.47 Å². The van der Waals surface area contributed by atoms with Crippen LogP contribution in [0.2, 0.25) is 0 Å². The molecule has 0 spiro atoms. The third-order valence-corrected chi connectivity index (χ3v) is 5.64. The van der Waals surface area contributed by atoms with Gasteiger partial charge in [-0.15, -0.1) is 11.3 Å². The summed E-state index contributed by atoms with van der Waals surface area (Å²) in [6.07, 6.45) is 1.18. The van der Waals surface area contributed by atoms with Gasteiger partial charge in [0.2, 0.25) is 5.91 Å². The molecular formula is C21H21NO3S. The zero-order chi connectivity index (χ0) is 17.9. The van der Waals surface area contributed by atoms with E-state index < -0.39 is 0 Å². The van der Waals surface area contributed by atoms with E-state index in [1.165, 1.54) is 15.6 Å². The van der Waals surface area contributed by atoms with Gasteiger partial charge in [-0.05, 0) is 46.5 Å². The number of rotatable bonds is 5. The Balaban J connectivity index is 1.37. The first-order chi connectivity index (χ1) is 12.7. The van der Waals surface area contributed by atoms with Crippen LogP contribution in [-0.2, 0) is 17.8 Å². The zero-order valence-corrected chi connectivity index (χ0v) is 15.6. The van der Waals surface area contributed by atoms with Crippen LogP contribution in [0.4, 0.5) is 0 Å². The predicted octanol–water partition coefficient (Wildman–Crippen LogP) is 4.26. The maximum Gasteiger partial charge on any atom is 0.222 e. The number of hydrogen-bond acceptors (Lipinski definition) is 4. The highest BCUT2D eigenvalue weighted by atomic mass is 32.1. The maximum atomic E-state index is 12.5. The Morgan fingerprint density at radius 3 is 2.81 bits per heavy atom. The third-order valence-electron chi connectivity index (χ3n) is 4.63. The Kier molecular flexibility index (Phi) is 4.80.